The van der Waals surface area contributed by atoms with E-state index in [1.807, 2.05) is 18.2 Å². The quantitative estimate of drug-likeness (QED) is 0.720. The Bertz CT molecular complexity index is 985. The van der Waals surface area contributed by atoms with E-state index in [0.717, 1.165) is 5.39 Å². The number of methoxy groups -OCH3 is 1. The van der Waals surface area contributed by atoms with E-state index >= 15 is 0 Å². The lowest BCUT2D eigenvalue weighted by atomic mass is 10.1. The molecule has 0 radical (unpaired) electrons. The molecule has 1 unspecified atom stereocenters. The van der Waals surface area contributed by atoms with Gasteiger partial charge in [0.15, 0.2) is 16.4 Å². The Balaban J connectivity index is 1.81. The first-order valence-corrected chi connectivity index (χ1v) is 10.3. The molecule has 1 aliphatic heterocycles. The number of carbonyl (C=O) groups is 2. The smallest absolute Gasteiger partial charge is 0.341 e. The van der Waals surface area contributed by atoms with Gasteiger partial charge >= 0.3 is 5.97 Å². The van der Waals surface area contributed by atoms with Crippen LogP contribution in [0.25, 0.3) is 10.8 Å². The number of hydrogen-bond acceptors (Lipinski definition) is 6. The first-order valence-electron chi connectivity index (χ1n) is 8.51. The third-order valence-electron chi connectivity index (χ3n) is 4.77. The van der Waals surface area contributed by atoms with E-state index in [-0.39, 0.29) is 41.4 Å². The first-order chi connectivity index (χ1) is 12.8. The lowest BCUT2D eigenvalue weighted by Gasteiger charge is -2.23. The highest BCUT2D eigenvalue weighted by atomic mass is 32.2. The van der Waals surface area contributed by atoms with E-state index in [2.05, 4.69) is 0 Å². The van der Waals surface area contributed by atoms with Crippen molar-refractivity contribution in [3.8, 4) is 5.75 Å². The van der Waals surface area contributed by atoms with Crippen molar-refractivity contribution in [2.75, 3.05) is 32.3 Å². The average Bonchev–Trinajstić information content (AvgIpc) is 3.04. The Morgan fingerprint density at radius 3 is 2.59 bits per heavy atom. The van der Waals surface area contributed by atoms with Gasteiger partial charge in [-0.2, -0.15) is 0 Å². The third kappa shape index (κ3) is 4.05. The van der Waals surface area contributed by atoms with Crippen molar-refractivity contribution in [3.05, 3.63) is 42.0 Å². The maximum absolute atomic E-state index is 12.5. The monoisotopic (exact) mass is 391 g/mol. The SMILES string of the molecule is COC(=O)c1ccc2ccccc2c1OCC(=O)N(C)C1CCS(=O)(=O)C1. The van der Waals surface area contributed by atoms with Crippen LogP contribution in [0.3, 0.4) is 0 Å². The number of ether oxygens (including phenoxy) is 2. The topological polar surface area (TPSA) is 90.0 Å². The van der Waals surface area contributed by atoms with E-state index < -0.39 is 15.8 Å². The van der Waals surface area contributed by atoms with Gasteiger partial charge in [-0.15, -0.1) is 0 Å². The van der Waals surface area contributed by atoms with E-state index in [0.29, 0.717) is 11.8 Å². The number of likely N-dealkylation sites (N-methyl/N-ethyl adjacent to an activating group) is 1. The summed E-state index contributed by atoms with van der Waals surface area (Å²) in [6.45, 7) is -0.301. The summed E-state index contributed by atoms with van der Waals surface area (Å²) < 4.78 is 33.8. The number of fused-ring (bicyclic) bond motifs is 1. The number of rotatable bonds is 5. The van der Waals surface area contributed by atoms with Crippen LogP contribution in [0.2, 0.25) is 0 Å². The summed E-state index contributed by atoms with van der Waals surface area (Å²) in [5.41, 5.74) is 0.232. The summed E-state index contributed by atoms with van der Waals surface area (Å²) >= 11 is 0. The molecule has 0 saturated carbocycles. The minimum Gasteiger partial charge on any atom is -0.482 e. The van der Waals surface area contributed by atoms with Crippen LogP contribution in [0.15, 0.2) is 36.4 Å². The van der Waals surface area contributed by atoms with Gasteiger partial charge in [0.2, 0.25) is 0 Å². The maximum Gasteiger partial charge on any atom is 0.341 e. The van der Waals surface area contributed by atoms with Crippen LogP contribution < -0.4 is 4.74 Å². The third-order valence-corrected chi connectivity index (χ3v) is 6.52. The fourth-order valence-corrected chi connectivity index (χ4v) is 4.96. The van der Waals surface area contributed by atoms with Crippen LogP contribution >= 0.6 is 0 Å². The van der Waals surface area contributed by atoms with Crippen LogP contribution in [-0.4, -0.2) is 63.5 Å². The molecule has 1 heterocycles. The number of carbonyl (C=O) groups excluding carboxylic acids is 2. The minimum atomic E-state index is -3.09. The standard InChI is InChI=1S/C19H21NO6S/c1-20(14-9-10-27(23,24)12-14)17(21)11-26-18-15-6-4-3-5-13(15)7-8-16(18)19(22)25-2/h3-8,14H,9-12H2,1-2H3. The molecule has 8 heteroatoms. The molecule has 2 aromatic rings. The molecule has 0 aromatic heterocycles. The minimum absolute atomic E-state index is 0.0308. The zero-order chi connectivity index (χ0) is 19.6. The molecule has 2 aromatic carbocycles. The van der Waals surface area contributed by atoms with E-state index in [9.17, 15) is 18.0 Å². The zero-order valence-electron chi connectivity index (χ0n) is 15.2. The van der Waals surface area contributed by atoms with Crippen LogP contribution in [-0.2, 0) is 19.4 Å². The van der Waals surface area contributed by atoms with Gasteiger partial charge in [0, 0.05) is 18.5 Å². The van der Waals surface area contributed by atoms with Crippen LogP contribution in [0.5, 0.6) is 5.75 Å². The molecule has 27 heavy (non-hydrogen) atoms. The van der Waals surface area contributed by atoms with Crippen molar-refractivity contribution in [1.82, 2.24) is 4.90 Å². The van der Waals surface area contributed by atoms with Crippen molar-refractivity contribution in [2.45, 2.75) is 12.5 Å². The highest BCUT2D eigenvalue weighted by Gasteiger charge is 2.33. The van der Waals surface area contributed by atoms with Gasteiger partial charge in [-0.3, -0.25) is 4.79 Å². The molecule has 144 valence electrons. The fraction of sp³-hybridized carbons (Fsp3) is 0.368. The Kier molecular flexibility index (Phi) is 5.36. The molecule has 1 amide bonds. The second-order valence-corrected chi connectivity index (χ2v) is 8.73. The van der Waals surface area contributed by atoms with Gasteiger partial charge in [-0.1, -0.05) is 30.3 Å². The molecule has 0 bridgehead atoms. The van der Waals surface area contributed by atoms with Crippen molar-refractivity contribution in [3.63, 3.8) is 0 Å². The molecular formula is C19H21NO6S. The van der Waals surface area contributed by atoms with E-state index in [1.54, 1.807) is 25.2 Å². The summed E-state index contributed by atoms with van der Waals surface area (Å²) in [7, 11) is -0.238. The second kappa shape index (κ2) is 7.56. The van der Waals surface area contributed by atoms with Crippen molar-refractivity contribution in [2.24, 2.45) is 0 Å². The van der Waals surface area contributed by atoms with Gasteiger partial charge < -0.3 is 14.4 Å². The average molecular weight is 391 g/mol. The second-order valence-electron chi connectivity index (χ2n) is 6.51. The van der Waals surface area contributed by atoms with Gasteiger partial charge in [0.05, 0.1) is 18.6 Å². The van der Waals surface area contributed by atoms with Gasteiger partial charge in [-0.05, 0) is 17.9 Å². The highest BCUT2D eigenvalue weighted by Crippen LogP contribution is 2.30. The van der Waals surface area contributed by atoms with Gasteiger partial charge in [-0.25, -0.2) is 13.2 Å². The van der Waals surface area contributed by atoms with Gasteiger partial charge in [0.25, 0.3) is 5.91 Å². The highest BCUT2D eigenvalue weighted by molar-refractivity contribution is 7.91. The van der Waals surface area contributed by atoms with Crippen molar-refractivity contribution in [1.29, 1.82) is 0 Å². The summed E-state index contributed by atoms with van der Waals surface area (Å²) in [6, 6.07) is 10.4. The fourth-order valence-electron chi connectivity index (χ4n) is 3.19. The summed E-state index contributed by atoms with van der Waals surface area (Å²) in [5, 5.41) is 1.56. The molecule has 1 aliphatic rings. The van der Waals surface area contributed by atoms with E-state index in [4.69, 9.17) is 9.47 Å². The van der Waals surface area contributed by atoms with Crippen LogP contribution in [0.1, 0.15) is 16.8 Å². The Labute approximate surface area is 157 Å². The largest absolute Gasteiger partial charge is 0.482 e. The zero-order valence-corrected chi connectivity index (χ0v) is 16.0. The number of benzene rings is 2. The van der Waals surface area contributed by atoms with Crippen molar-refractivity contribution >= 4 is 32.5 Å². The van der Waals surface area contributed by atoms with Crippen LogP contribution in [0.4, 0.5) is 0 Å². The number of amides is 1. The van der Waals surface area contributed by atoms with Crippen molar-refractivity contribution < 1.29 is 27.5 Å². The molecule has 3 rings (SSSR count). The number of esters is 1. The number of nitrogens with zero attached hydrogens (tertiary/aromatic N) is 1. The molecule has 1 saturated heterocycles. The summed E-state index contributed by atoms with van der Waals surface area (Å²) in [5.74, 6) is -0.567. The summed E-state index contributed by atoms with van der Waals surface area (Å²) in [6.07, 6.45) is 0.423. The molecule has 1 fully saturated rings. The van der Waals surface area contributed by atoms with Crippen LogP contribution in [0, 0.1) is 0 Å². The lowest BCUT2D eigenvalue weighted by Crippen LogP contribution is -2.40. The Morgan fingerprint density at radius 2 is 1.93 bits per heavy atom. The molecule has 7 nitrogen and oxygen atoms in total. The van der Waals surface area contributed by atoms with Gasteiger partial charge in [0.1, 0.15) is 11.3 Å². The number of hydrogen-bond donors (Lipinski definition) is 0. The number of sulfone groups is 1. The predicted octanol–water partition coefficient (Wildman–Crippen LogP) is 1.65. The maximum atomic E-state index is 12.5. The summed E-state index contributed by atoms with van der Waals surface area (Å²) in [4.78, 5) is 26.0. The molecule has 0 aliphatic carbocycles. The molecule has 1 atom stereocenters. The first kappa shape index (κ1) is 19.2. The molecular weight excluding hydrogens is 370 g/mol. The molecule has 0 spiro atoms. The Hall–Kier alpha value is -2.61. The molecule has 0 N–H and O–H groups in total. The lowest BCUT2D eigenvalue weighted by molar-refractivity contribution is -0.133. The predicted molar refractivity (Wildman–Crippen MR) is 101 cm³/mol. The Morgan fingerprint density at radius 1 is 1.19 bits per heavy atom. The van der Waals surface area contributed by atoms with E-state index in [1.165, 1.54) is 12.0 Å². The normalized spacial score (nSPS) is 18.2.